The Kier molecular flexibility index (Phi) is 12.7. The smallest absolute Gasteiger partial charge is 0.434 e. The average Bonchev–Trinajstić information content (AvgIpc) is 3.57. The van der Waals surface area contributed by atoms with Crippen molar-refractivity contribution in [2.75, 3.05) is 26.2 Å². The molecule has 0 aliphatic heterocycles. The third-order valence-electron chi connectivity index (χ3n) is 7.09. The SMILES string of the molecule is CCCCc1oc2cc(-c3n[nH]c(=O)o3)ccc2c1C(=O)c1ccc(OCCCN(CCCC)CCCC)cc1.Cl. The van der Waals surface area contributed by atoms with Gasteiger partial charge in [0.05, 0.1) is 12.2 Å². The molecule has 4 rings (SSSR count). The number of ether oxygens (including phenoxy) is 1. The number of aromatic nitrogens is 2. The maximum Gasteiger partial charge on any atom is 0.434 e. The summed E-state index contributed by atoms with van der Waals surface area (Å²) in [5.41, 5.74) is 2.32. The molecule has 0 atom stereocenters. The van der Waals surface area contributed by atoms with Crippen molar-refractivity contribution in [3.05, 3.63) is 69.9 Å². The minimum absolute atomic E-state index is 0. The summed E-state index contributed by atoms with van der Waals surface area (Å²) in [4.78, 5) is 27.6. The van der Waals surface area contributed by atoms with E-state index >= 15 is 0 Å². The van der Waals surface area contributed by atoms with Crippen LogP contribution in [0.15, 0.2) is 56.1 Å². The first-order valence-corrected chi connectivity index (χ1v) is 14.6. The van der Waals surface area contributed by atoms with Crippen LogP contribution in [0.25, 0.3) is 22.4 Å². The number of nitrogens with one attached hydrogen (secondary N) is 1. The molecule has 2 heterocycles. The topological polar surface area (TPSA) is 102 Å². The van der Waals surface area contributed by atoms with Crippen LogP contribution in [-0.4, -0.2) is 47.1 Å². The molecule has 0 saturated carbocycles. The van der Waals surface area contributed by atoms with E-state index in [9.17, 15) is 9.59 Å². The van der Waals surface area contributed by atoms with Crippen LogP contribution in [0.4, 0.5) is 0 Å². The van der Waals surface area contributed by atoms with Crippen LogP contribution in [0.2, 0.25) is 0 Å². The van der Waals surface area contributed by atoms with E-state index in [-0.39, 0.29) is 24.1 Å². The van der Waals surface area contributed by atoms with Gasteiger partial charge in [-0.05, 0) is 81.2 Å². The number of hydrogen-bond donors (Lipinski definition) is 1. The van der Waals surface area contributed by atoms with E-state index in [2.05, 4.69) is 35.9 Å². The summed E-state index contributed by atoms with van der Waals surface area (Å²) in [5.74, 6) is 0.897. The van der Waals surface area contributed by atoms with Crippen molar-refractivity contribution in [2.45, 2.75) is 72.1 Å². The molecule has 1 N–H and O–H groups in total. The molecule has 0 fully saturated rings. The number of ketones is 1. The molecule has 0 aliphatic carbocycles. The molecule has 0 saturated heterocycles. The number of aryl methyl sites for hydroxylation is 1. The van der Waals surface area contributed by atoms with Crippen molar-refractivity contribution >= 4 is 29.2 Å². The Morgan fingerprint density at radius 3 is 2.22 bits per heavy atom. The number of hydrogen-bond acceptors (Lipinski definition) is 7. The number of nitrogens with zero attached hydrogens (tertiary/aromatic N) is 2. The van der Waals surface area contributed by atoms with Gasteiger partial charge in [0, 0.05) is 29.5 Å². The zero-order chi connectivity index (χ0) is 28.3. The third kappa shape index (κ3) is 8.57. The van der Waals surface area contributed by atoms with Gasteiger partial charge in [0.1, 0.15) is 17.1 Å². The minimum atomic E-state index is -0.623. The maximum absolute atomic E-state index is 13.7. The molecule has 0 radical (unpaired) electrons. The van der Waals surface area contributed by atoms with E-state index in [0.29, 0.717) is 41.1 Å². The Morgan fingerprint density at radius 1 is 0.902 bits per heavy atom. The molecular formula is C32H42ClN3O5. The van der Waals surface area contributed by atoms with Crippen LogP contribution in [0.3, 0.4) is 0 Å². The average molecular weight is 584 g/mol. The number of rotatable bonds is 17. The van der Waals surface area contributed by atoms with Gasteiger partial charge in [-0.2, -0.15) is 0 Å². The summed E-state index contributed by atoms with van der Waals surface area (Å²) < 4.78 is 17.2. The summed E-state index contributed by atoms with van der Waals surface area (Å²) in [5, 5.41) is 6.89. The van der Waals surface area contributed by atoms with Crippen LogP contribution in [-0.2, 0) is 6.42 Å². The van der Waals surface area contributed by atoms with Crippen molar-refractivity contribution in [1.82, 2.24) is 15.1 Å². The van der Waals surface area contributed by atoms with Gasteiger partial charge in [-0.1, -0.05) is 40.0 Å². The molecule has 41 heavy (non-hydrogen) atoms. The summed E-state index contributed by atoms with van der Waals surface area (Å²) in [7, 11) is 0. The Morgan fingerprint density at radius 2 is 1.59 bits per heavy atom. The number of benzene rings is 2. The number of aromatic amines is 1. The summed E-state index contributed by atoms with van der Waals surface area (Å²) in [6.45, 7) is 10.6. The molecule has 0 spiro atoms. The monoisotopic (exact) mass is 583 g/mol. The summed E-state index contributed by atoms with van der Waals surface area (Å²) >= 11 is 0. The zero-order valence-corrected chi connectivity index (χ0v) is 25.2. The second-order valence-corrected chi connectivity index (χ2v) is 10.2. The van der Waals surface area contributed by atoms with Gasteiger partial charge in [-0.3, -0.25) is 4.79 Å². The number of carbonyl (C=O) groups is 1. The fourth-order valence-corrected chi connectivity index (χ4v) is 4.82. The number of halogens is 1. The zero-order valence-electron chi connectivity index (χ0n) is 24.4. The normalized spacial score (nSPS) is 11.2. The van der Waals surface area contributed by atoms with E-state index in [4.69, 9.17) is 13.6 Å². The van der Waals surface area contributed by atoms with E-state index in [0.717, 1.165) is 50.0 Å². The van der Waals surface area contributed by atoms with Crippen LogP contribution in [0.5, 0.6) is 5.75 Å². The number of H-pyrrole nitrogens is 1. The lowest BCUT2D eigenvalue weighted by molar-refractivity contribution is 0.103. The Hall–Kier alpha value is -3.36. The lowest BCUT2D eigenvalue weighted by Crippen LogP contribution is -2.28. The lowest BCUT2D eigenvalue weighted by atomic mass is 9.97. The molecule has 222 valence electrons. The van der Waals surface area contributed by atoms with Gasteiger partial charge < -0.3 is 18.5 Å². The van der Waals surface area contributed by atoms with Crippen LogP contribution < -0.4 is 10.5 Å². The highest BCUT2D eigenvalue weighted by atomic mass is 35.5. The van der Waals surface area contributed by atoms with Crippen molar-refractivity contribution in [1.29, 1.82) is 0 Å². The Bertz CT molecular complexity index is 1420. The van der Waals surface area contributed by atoms with E-state index in [1.54, 1.807) is 12.1 Å². The highest BCUT2D eigenvalue weighted by molar-refractivity contribution is 6.17. The fourth-order valence-electron chi connectivity index (χ4n) is 4.82. The van der Waals surface area contributed by atoms with Gasteiger partial charge in [0.15, 0.2) is 5.78 Å². The second kappa shape index (κ2) is 16.2. The Balaban J connectivity index is 0.00000462. The molecule has 0 bridgehead atoms. The predicted octanol–water partition coefficient (Wildman–Crippen LogP) is 7.44. The van der Waals surface area contributed by atoms with E-state index < -0.39 is 5.76 Å². The highest BCUT2D eigenvalue weighted by Crippen LogP contribution is 2.32. The number of unbranched alkanes of at least 4 members (excludes halogenated alkanes) is 3. The van der Waals surface area contributed by atoms with Gasteiger partial charge in [-0.15, -0.1) is 17.5 Å². The maximum atomic E-state index is 13.7. The molecule has 4 aromatic rings. The largest absolute Gasteiger partial charge is 0.494 e. The van der Waals surface area contributed by atoms with Crippen molar-refractivity contribution in [2.24, 2.45) is 0 Å². The molecule has 9 heteroatoms. The molecule has 2 aromatic heterocycles. The quantitative estimate of drug-likeness (QED) is 0.102. The number of furan rings is 1. The molecular weight excluding hydrogens is 542 g/mol. The Labute approximate surface area is 247 Å². The first-order chi connectivity index (χ1) is 19.5. The first-order valence-electron chi connectivity index (χ1n) is 14.6. The van der Waals surface area contributed by atoms with Crippen molar-refractivity contribution < 1.29 is 18.4 Å². The standard InChI is InChI=1S/C32H41N3O5.ClH/c1-4-7-11-27-29(26-17-14-24(22-28(26)39-27)31-33-34-32(37)40-31)30(36)23-12-15-25(16-13-23)38-21-10-20-35(18-8-5-2)19-9-6-3;/h12-17,22H,4-11,18-21H2,1-3H3,(H,34,37);1H. The van der Waals surface area contributed by atoms with Gasteiger partial charge >= 0.3 is 5.76 Å². The molecule has 0 aliphatic rings. The van der Waals surface area contributed by atoms with E-state index in [1.165, 1.54) is 25.7 Å². The third-order valence-corrected chi connectivity index (χ3v) is 7.09. The summed E-state index contributed by atoms with van der Waals surface area (Å²) in [6, 6.07) is 12.7. The molecule has 0 unspecified atom stereocenters. The lowest BCUT2D eigenvalue weighted by Gasteiger charge is -2.21. The number of fused-ring (bicyclic) bond motifs is 1. The van der Waals surface area contributed by atoms with Crippen molar-refractivity contribution in [3.8, 4) is 17.2 Å². The predicted molar refractivity (Wildman–Crippen MR) is 164 cm³/mol. The first kappa shape index (κ1) is 32.2. The molecule has 0 amide bonds. The van der Waals surface area contributed by atoms with Crippen LogP contribution in [0, 0.1) is 0 Å². The van der Waals surface area contributed by atoms with Crippen LogP contribution in [0.1, 0.15) is 87.4 Å². The van der Waals surface area contributed by atoms with Gasteiger partial charge in [0.2, 0.25) is 5.89 Å². The van der Waals surface area contributed by atoms with Gasteiger partial charge in [-0.25, -0.2) is 9.89 Å². The molecule has 2 aromatic carbocycles. The highest BCUT2D eigenvalue weighted by Gasteiger charge is 2.23. The van der Waals surface area contributed by atoms with Gasteiger partial charge in [0.25, 0.3) is 0 Å². The van der Waals surface area contributed by atoms with Crippen molar-refractivity contribution in [3.63, 3.8) is 0 Å². The van der Waals surface area contributed by atoms with Crippen LogP contribution >= 0.6 is 12.4 Å². The second-order valence-electron chi connectivity index (χ2n) is 10.2. The molecule has 8 nitrogen and oxygen atoms in total. The van der Waals surface area contributed by atoms with E-state index in [1.807, 2.05) is 30.3 Å². The summed E-state index contributed by atoms with van der Waals surface area (Å²) in [6.07, 6.45) is 8.41. The fraction of sp³-hybridized carbons (Fsp3) is 0.469. The number of carbonyl (C=O) groups excluding carboxylic acids is 1. The minimum Gasteiger partial charge on any atom is -0.494 e.